The van der Waals surface area contributed by atoms with E-state index < -0.39 is 0 Å². The predicted octanol–water partition coefficient (Wildman–Crippen LogP) is 2.67. The molecule has 1 aromatic heterocycles. The van der Waals surface area contributed by atoms with E-state index in [4.69, 9.17) is 4.98 Å². The van der Waals surface area contributed by atoms with Crippen LogP contribution in [0, 0.1) is 5.92 Å². The number of nitrogens with one attached hydrogen (secondary N) is 1. The zero-order chi connectivity index (χ0) is 15.4. The molecule has 0 radical (unpaired) electrons. The summed E-state index contributed by atoms with van der Waals surface area (Å²) in [6.45, 7) is 11.3. The molecule has 4 heteroatoms. The van der Waals surface area contributed by atoms with Gasteiger partial charge in [-0.25, -0.2) is 4.98 Å². The van der Waals surface area contributed by atoms with E-state index in [1.54, 1.807) is 0 Å². The SMILES string of the molecule is CC(C)CN1CCCC[C@@H]1c1ccc(N2CCNCC2)nc1. The van der Waals surface area contributed by atoms with Crippen molar-refractivity contribution in [3.8, 4) is 0 Å². The van der Waals surface area contributed by atoms with Crippen LogP contribution < -0.4 is 10.2 Å². The number of piperazine rings is 1. The lowest BCUT2D eigenvalue weighted by atomic mass is 9.95. The van der Waals surface area contributed by atoms with Gasteiger partial charge in [0.2, 0.25) is 0 Å². The average molecular weight is 302 g/mol. The maximum atomic E-state index is 4.76. The van der Waals surface area contributed by atoms with E-state index in [2.05, 4.69) is 47.3 Å². The van der Waals surface area contributed by atoms with Crippen molar-refractivity contribution < 1.29 is 0 Å². The first-order valence-electron chi connectivity index (χ1n) is 8.89. The number of nitrogens with zero attached hydrogens (tertiary/aromatic N) is 3. The number of rotatable bonds is 4. The fraction of sp³-hybridized carbons (Fsp3) is 0.722. The second-order valence-corrected chi connectivity index (χ2v) is 7.09. The van der Waals surface area contributed by atoms with Crippen LogP contribution in [-0.2, 0) is 0 Å². The zero-order valence-corrected chi connectivity index (χ0v) is 14.1. The standard InChI is InChI=1S/C18H30N4/c1-15(2)14-22-10-4-3-5-17(22)16-6-7-18(20-13-16)21-11-8-19-9-12-21/h6-7,13,15,17,19H,3-5,8-12,14H2,1-2H3/t17-/m1/s1. The Balaban J connectivity index is 1.70. The quantitative estimate of drug-likeness (QED) is 0.926. The van der Waals surface area contributed by atoms with Crippen molar-refractivity contribution in [1.82, 2.24) is 15.2 Å². The van der Waals surface area contributed by atoms with Gasteiger partial charge in [0.1, 0.15) is 5.82 Å². The van der Waals surface area contributed by atoms with Crippen molar-refractivity contribution >= 4 is 5.82 Å². The molecule has 3 rings (SSSR count). The molecule has 1 aromatic rings. The van der Waals surface area contributed by atoms with Gasteiger partial charge < -0.3 is 10.2 Å². The number of likely N-dealkylation sites (tertiary alicyclic amines) is 1. The lowest BCUT2D eigenvalue weighted by molar-refractivity contribution is 0.132. The van der Waals surface area contributed by atoms with Crippen LogP contribution in [0.5, 0.6) is 0 Å². The Morgan fingerprint density at radius 2 is 2.00 bits per heavy atom. The minimum Gasteiger partial charge on any atom is -0.354 e. The summed E-state index contributed by atoms with van der Waals surface area (Å²) in [4.78, 5) is 9.81. The minimum atomic E-state index is 0.570. The van der Waals surface area contributed by atoms with Crippen molar-refractivity contribution in [3.05, 3.63) is 23.9 Å². The molecule has 0 spiro atoms. The van der Waals surface area contributed by atoms with Crippen molar-refractivity contribution in [2.75, 3.05) is 44.2 Å². The molecule has 2 aliphatic heterocycles. The number of hydrogen-bond donors (Lipinski definition) is 1. The van der Waals surface area contributed by atoms with Gasteiger partial charge in [0.25, 0.3) is 0 Å². The molecule has 2 fully saturated rings. The van der Waals surface area contributed by atoms with Crippen LogP contribution in [-0.4, -0.2) is 49.2 Å². The molecular weight excluding hydrogens is 272 g/mol. The molecule has 0 bridgehead atoms. The van der Waals surface area contributed by atoms with Crippen LogP contribution in [0.2, 0.25) is 0 Å². The lowest BCUT2D eigenvalue weighted by Gasteiger charge is -2.37. The van der Waals surface area contributed by atoms with Crippen molar-refractivity contribution in [2.24, 2.45) is 5.92 Å². The van der Waals surface area contributed by atoms with Gasteiger partial charge in [-0.3, -0.25) is 4.90 Å². The third-order valence-corrected chi connectivity index (χ3v) is 4.81. The maximum absolute atomic E-state index is 4.76. The molecule has 22 heavy (non-hydrogen) atoms. The van der Waals surface area contributed by atoms with Gasteiger partial charge in [-0.15, -0.1) is 0 Å². The fourth-order valence-corrected chi connectivity index (χ4v) is 3.73. The van der Waals surface area contributed by atoms with Crippen LogP contribution in [0.1, 0.15) is 44.7 Å². The molecule has 4 nitrogen and oxygen atoms in total. The second kappa shape index (κ2) is 7.42. The maximum Gasteiger partial charge on any atom is 0.128 e. The van der Waals surface area contributed by atoms with Crippen molar-refractivity contribution in [1.29, 1.82) is 0 Å². The molecule has 0 saturated carbocycles. The molecule has 0 unspecified atom stereocenters. The average Bonchev–Trinajstić information content (AvgIpc) is 2.56. The lowest BCUT2D eigenvalue weighted by Crippen LogP contribution is -2.43. The number of anilines is 1. The zero-order valence-electron chi connectivity index (χ0n) is 14.1. The van der Waals surface area contributed by atoms with Gasteiger partial charge in [-0.2, -0.15) is 0 Å². The Bertz CT molecular complexity index is 451. The van der Waals surface area contributed by atoms with Gasteiger partial charge in [0.15, 0.2) is 0 Å². The minimum absolute atomic E-state index is 0.570. The van der Waals surface area contributed by atoms with Gasteiger partial charge in [-0.05, 0) is 36.9 Å². The molecule has 3 heterocycles. The fourth-order valence-electron chi connectivity index (χ4n) is 3.73. The van der Waals surface area contributed by atoms with E-state index in [1.807, 2.05) is 0 Å². The Hall–Kier alpha value is -1.13. The number of aromatic nitrogens is 1. The summed E-state index contributed by atoms with van der Waals surface area (Å²) in [5, 5.41) is 3.40. The monoisotopic (exact) mass is 302 g/mol. The summed E-state index contributed by atoms with van der Waals surface area (Å²) < 4.78 is 0. The highest BCUT2D eigenvalue weighted by Crippen LogP contribution is 2.31. The Morgan fingerprint density at radius 3 is 2.68 bits per heavy atom. The van der Waals surface area contributed by atoms with E-state index in [-0.39, 0.29) is 0 Å². The van der Waals surface area contributed by atoms with E-state index >= 15 is 0 Å². The van der Waals surface area contributed by atoms with Gasteiger partial charge >= 0.3 is 0 Å². The summed E-state index contributed by atoms with van der Waals surface area (Å²) in [5.74, 6) is 1.87. The highest BCUT2D eigenvalue weighted by molar-refractivity contribution is 5.40. The summed E-state index contributed by atoms with van der Waals surface area (Å²) in [6.07, 6.45) is 6.09. The van der Waals surface area contributed by atoms with Crippen LogP contribution in [0.15, 0.2) is 18.3 Å². The third-order valence-electron chi connectivity index (χ3n) is 4.81. The Kier molecular flexibility index (Phi) is 5.32. The molecule has 1 atom stereocenters. The van der Waals surface area contributed by atoms with Crippen LogP contribution in [0.25, 0.3) is 0 Å². The molecule has 2 aliphatic rings. The molecular formula is C18H30N4. The first-order valence-corrected chi connectivity index (χ1v) is 8.89. The molecule has 122 valence electrons. The molecule has 0 aromatic carbocycles. The van der Waals surface area contributed by atoms with Crippen LogP contribution >= 0.6 is 0 Å². The number of hydrogen-bond acceptors (Lipinski definition) is 4. The molecule has 2 saturated heterocycles. The van der Waals surface area contributed by atoms with E-state index in [0.717, 1.165) is 37.9 Å². The van der Waals surface area contributed by atoms with Gasteiger partial charge in [-0.1, -0.05) is 26.3 Å². The van der Waals surface area contributed by atoms with Crippen molar-refractivity contribution in [3.63, 3.8) is 0 Å². The smallest absolute Gasteiger partial charge is 0.128 e. The Morgan fingerprint density at radius 1 is 1.18 bits per heavy atom. The highest BCUT2D eigenvalue weighted by Gasteiger charge is 2.24. The summed E-state index contributed by atoms with van der Waals surface area (Å²) in [6, 6.07) is 5.11. The first kappa shape index (κ1) is 15.8. The van der Waals surface area contributed by atoms with Gasteiger partial charge in [0.05, 0.1) is 0 Å². The van der Waals surface area contributed by atoms with Gasteiger partial charge in [0, 0.05) is 45.0 Å². The molecule has 1 N–H and O–H groups in total. The first-order chi connectivity index (χ1) is 10.7. The molecule has 0 amide bonds. The summed E-state index contributed by atoms with van der Waals surface area (Å²) in [7, 11) is 0. The summed E-state index contributed by atoms with van der Waals surface area (Å²) in [5.41, 5.74) is 1.40. The largest absolute Gasteiger partial charge is 0.354 e. The van der Waals surface area contributed by atoms with Crippen LogP contribution in [0.3, 0.4) is 0 Å². The van der Waals surface area contributed by atoms with E-state index in [9.17, 15) is 0 Å². The topological polar surface area (TPSA) is 31.4 Å². The number of pyridine rings is 1. The normalized spacial score (nSPS) is 24.0. The van der Waals surface area contributed by atoms with E-state index in [0.29, 0.717) is 6.04 Å². The molecule has 0 aliphatic carbocycles. The second-order valence-electron chi connectivity index (χ2n) is 7.09. The number of piperidine rings is 1. The van der Waals surface area contributed by atoms with Crippen molar-refractivity contribution in [2.45, 2.75) is 39.2 Å². The third kappa shape index (κ3) is 3.79. The highest BCUT2D eigenvalue weighted by atomic mass is 15.2. The predicted molar refractivity (Wildman–Crippen MR) is 92.3 cm³/mol. The Labute approximate surface area is 134 Å². The summed E-state index contributed by atoms with van der Waals surface area (Å²) >= 11 is 0. The van der Waals surface area contributed by atoms with E-state index in [1.165, 1.54) is 37.9 Å². The van der Waals surface area contributed by atoms with Crippen LogP contribution in [0.4, 0.5) is 5.82 Å².